The second-order valence-corrected chi connectivity index (χ2v) is 2.82. The zero-order valence-corrected chi connectivity index (χ0v) is 6.34. The number of nitrogens with one attached hydrogen (secondary N) is 1. The molecule has 0 radical (unpaired) electrons. The zero-order valence-electron chi connectivity index (χ0n) is 5.45. The average molecular weight is 162 g/mol. The molecule has 0 bridgehead atoms. The smallest absolute Gasteiger partial charge is 0.322 e. The second-order valence-electron chi connectivity index (χ2n) is 2.26. The number of carbonyl (C=O) groups is 1. The molecule has 4 nitrogen and oxygen atoms in total. The molecule has 10 heavy (non-hydrogen) atoms. The van der Waals surface area contributed by atoms with E-state index in [0.29, 0.717) is 13.1 Å². The predicted octanol–water partition coefficient (Wildman–Crippen LogP) is -0.810. The van der Waals surface area contributed by atoms with Crippen LogP contribution in [0, 0.1) is 0 Å². The van der Waals surface area contributed by atoms with Gasteiger partial charge in [-0.3, -0.25) is 4.79 Å². The average Bonchev–Trinajstić information content (AvgIpc) is 1.88. The first-order chi connectivity index (χ1) is 4.70. The third kappa shape index (κ3) is 1.86. The molecule has 0 aromatic carbocycles. The molecule has 0 aliphatic carbocycles. The second kappa shape index (κ2) is 3.23. The molecular formula is C5H10N2O2S. The number of hydrogen-bond acceptors (Lipinski definition) is 4. The van der Waals surface area contributed by atoms with Crippen molar-refractivity contribution in [1.29, 1.82) is 0 Å². The van der Waals surface area contributed by atoms with E-state index in [4.69, 9.17) is 5.11 Å². The van der Waals surface area contributed by atoms with Crippen LogP contribution in [-0.4, -0.2) is 41.1 Å². The number of hydrogen-bond donors (Lipinski definition) is 3. The van der Waals surface area contributed by atoms with Crippen molar-refractivity contribution in [1.82, 2.24) is 9.62 Å². The van der Waals surface area contributed by atoms with Gasteiger partial charge >= 0.3 is 5.97 Å². The van der Waals surface area contributed by atoms with Gasteiger partial charge in [0.25, 0.3) is 0 Å². The maximum atomic E-state index is 10.4. The van der Waals surface area contributed by atoms with Gasteiger partial charge in [0, 0.05) is 19.6 Å². The van der Waals surface area contributed by atoms with Crippen molar-refractivity contribution in [3.8, 4) is 0 Å². The Bertz CT molecular complexity index is 142. The van der Waals surface area contributed by atoms with Gasteiger partial charge in [-0.1, -0.05) is 12.8 Å². The lowest BCUT2D eigenvalue weighted by Crippen LogP contribution is -2.51. The van der Waals surface area contributed by atoms with Gasteiger partial charge in [0.15, 0.2) is 0 Å². The van der Waals surface area contributed by atoms with Crippen molar-refractivity contribution in [2.24, 2.45) is 0 Å². The Labute approximate surface area is 64.7 Å². The molecular weight excluding hydrogens is 152 g/mol. The monoisotopic (exact) mass is 162 g/mol. The highest BCUT2D eigenvalue weighted by Gasteiger charge is 2.22. The van der Waals surface area contributed by atoms with Crippen LogP contribution in [0.3, 0.4) is 0 Å². The fourth-order valence-corrected chi connectivity index (χ4v) is 1.16. The van der Waals surface area contributed by atoms with Gasteiger partial charge in [0.05, 0.1) is 0 Å². The Morgan fingerprint density at radius 2 is 2.50 bits per heavy atom. The SMILES string of the molecule is O=C(O)C1CN(S)CCN1. The Hall–Kier alpha value is -0.260. The summed E-state index contributed by atoms with van der Waals surface area (Å²) in [6.45, 7) is 1.96. The van der Waals surface area contributed by atoms with E-state index in [1.54, 1.807) is 4.31 Å². The summed E-state index contributed by atoms with van der Waals surface area (Å²) in [6.07, 6.45) is 0. The molecule has 1 atom stereocenters. The van der Waals surface area contributed by atoms with Crippen molar-refractivity contribution in [3.05, 3.63) is 0 Å². The van der Waals surface area contributed by atoms with Crippen molar-refractivity contribution in [3.63, 3.8) is 0 Å². The van der Waals surface area contributed by atoms with Crippen LogP contribution < -0.4 is 5.32 Å². The maximum absolute atomic E-state index is 10.4. The quantitative estimate of drug-likeness (QED) is 0.441. The van der Waals surface area contributed by atoms with Crippen molar-refractivity contribution in [2.75, 3.05) is 19.6 Å². The minimum absolute atomic E-state index is 0.453. The van der Waals surface area contributed by atoms with Crippen LogP contribution in [-0.2, 0) is 4.79 Å². The number of carboxylic acid groups (broad SMARTS) is 1. The summed E-state index contributed by atoms with van der Waals surface area (Å²) < 4.78 is 1.70. The molecule has 0 spiro atoms. The lowest BCUT2D eigenvalue weighted by molar-refractivity contribution is -0.140. The molecule has 5 heteroatoms. The fraction of sp³-hybridized carbons (Fsp3) is 0.800. The topological polar surface area (TPSA) is 52.6 Å². The van der Waals surface area contributed by atoms with E-state index in [1.807, 2.05) is 0 Å². The minimum Gasteiger partial charge on any atom is -0.480 e. The molecule has 1 unspecified atom stereocenters. The van der Waals surface area contributed by atoms with Crippen LogP contribution in [0.5, 0.6) is 0 Å². The standard InChI is InChI=1S/C5H10N2O2S/c8-5(9)4-3-7(10)2-1-6-4/h4,6,10H,1-3H2,(H,8,9). The minimum atomic E-state index is -0.807. The Kier molecular flexibility index (Phi) is 2.53. The molecule has 1 saturated heterocycles. The number of nitrogens with zero attached hydrogens (tertiary/aromatic N) is 1. The van der Waals surface area contributed by atoms with Gasteiger partial charge in [0.2, 0.25) is 0 Å². The van der Waals surface area contributed by atoms with Crippen LogP contribution in [0.15, 0.2) is 0 Å². The Balaban J connectivity index is 2.39. The molecule has 0 saturated carbocycles. The maximum Gasteiger partial charge on any atom is 0.322 e. The van der Waals surface area contributed by atoms with E-state index in [2.05, 4.69) is 18.1 Å². The first-order valence-electron chi connectivity index (χ1n) is 3.10. The Morgan fingerprint density at radius 1 is 1.80 bits per heavy atom. The number of piperazine rings is 1. The van der Waals surface area contributed by atoms with Gasteiger partial charge in [0.1, 0.15) is 6.04 Å². The normalized spacial score (nSPS) is 28.3. The molecule has 0 aromatic heterocycles. The van der Waals surface area contributed by atoms with Crippen molar-refractivity contribution in [2.45, 2.75) is 6.04 Å². The molecule has 1 aliphatic rings. The van der Waals surface area contributed by atoms with E-state index in [1.165, 1.54) is 0 Å². The number of aliphatic carboxylic acids is 1. The summed E-state index contributed by atoms with van der Waals surface area (Å²) in [4.78, 5) is 10.4. The van der Waals surface area contributed by atoms with Crippen LogP contribution in [0.25, 0.3) is 0 Å². The van der Waals surface area contributed by atoms with Crippen molar-refractivity contribution < 1.29 is 9.90 Å². The number of rotatable bonds is 1. The van der Waals surface area contributed by atoms with Crippen molar-refractivity contribution >= 4 is 18.8 Å². The fourth-order valence-electron chi connectivity index (χ4n) is 0.900. The summed E-state index contributed by atoms with van der Waals surface area (Å²) in [5, 5.41) is 11.4. The van der Waals surface area contributed by atoms with E-state index in [-0.39, 0.29) is 0 Å². The highest BCUT2D eigenvalue weighted by molar-refractivity contribution is 7.77. The molecule has 58 valence electrons. The largest absolute Gasteiger partial charge is 0.480 e. The molecule has 1 heterocycles. The number of thiol groups is 1. The highest BCUT2D eigenvalue weighted by atomic mass is 32.1. The van der Waals surface area contributed by atoms with Gasteiger partial charge in [-0.25, -0.2) is 4.31 Å². The van der Waals surface area contributed by atoms with Gasteiger partial charge in [-0.05, 0) is 0 Å². The van der Waals surface area contributed by atoms with Gasteiger partial charge in [-0.2, -0.15) is 0 Å². The van der Waals surface area contributed by atoms with E-state index >= 15 is 0 Å². The van der Waals surface area contributed by atoms with Crippen LogP contribution >= 0.6 is 12.8 Å². The summed E-state index contributed by atoms with van der Waals surface area (Å²) in [7, 11) is 0. The van der Waals surface area contributed by atoms with E-state index in [9.17, 15) is 4.79 Å². The Morgan fingerprint density at radius 3 is 2.90 bits per heavy atom. The molecule has 1 fully saturated rings. The first-order valence-corrected chi connectivity index (χ1v) is 3.50. The van der Waals surface area contributed by atoms with E-state index in [0.717, 1.165) is 6.54 Å². The van der Waals surface area contributed by atoms with Gasteiger partial charge < -0.3 is 10.4 Å². The lowest BCUT2D eigenvalue weighted by Gasteiger charge is -2.26. The molecule has 1 aliphatic heterocycles. The summed E-state index contributed by atoms with van der Waals surface area (Å²) in [5.74, 6) is -0.807. The third-order valence-corrected chi connectivity index (χ3v) is 1.82. The molecule has 0 aromatic rings. The molecule has 0 amide bonds. The molecule has 1 rings (SSSR count). The summed E-state index contributed by atoms with van der Waals surface area (Å²) in [5.41, 5.74) is 0. The molecule has 2 N–H and O–H groups in total. The van der Waals surface area contributed by atoms with Crippen LogP contribution in [0.4, 0.5) is 0 Å². The predicted molar refractivity (Wildman–Crippen MR) is 40.0 cm³/mol. The van der Waals surface area contributed by atoms with Gasteiger partial charge in [-0.15, -0.1) is 0 Å². The third-order valence-electron chi connectivity index (χ3n) is 1.45. The van der Waals surface area contributed by atoms with Crippen LogP contribution in [0.2, 0.25) is 0 Å². The zero-order chi connectivity index (χ0) is 7.56. The lowest BCUT2D eigenvalue weighted by atomic mass is 10.2. The van der Waals surface area contributed by atoms with Crippen LogP contribution in [0.1, 0.15) is 0 Å². The number of carboxylic acids is 1. The first kappa shape index (κ1) is 7.84. The van der Waals surface area contributed by atoms with E-state index < -0.39 is 12.0 Å². The highest BCUT2D eigenvalue weighted by Crippen LogP contribution is 2.00. The summed E-state index contributed by atoms with van der Waals surface area (Å²) >= 11 is 4.05. The summed E-state index contributed by atoms with van der Waals surface area (Å²) in [6, 6.07) is -0.453.